The van der Waals surface area contributed by atoms with Gasteiger partial charge in [-0.15, -0.1) is 5.73 Å². The highest BCUT2D eigenvalue weighted by molar-refractivity contribution is 5.28. The van der Waals surface area contributed by atoms with Gasteiger partial charge in [0, 0.05) is 0 Å². The van der Waals surface area contributed by atoms with Crippen LogP contribution in [-0.2, 0) is 0 Å². The molecule has 0 saturated heterocycles. The zero-order valence-electron chi connectivity index (χ0n) is 7.22. The van der Waals surface area contributed by atoms with E-state index in [1.165, 1.54) is 5.57 Å². The molecule has 0 bridgehead atoms. The normalized spacial score (nSPS) is 11.3. The van der Waals surface area contributed by atoms with E-state index in [2.05, 4.69) is 18.9 Å². The van der Waals surface area contributed by atoms with Crippen LogP contribution in [0.2, 0.25) is 0 Å². The van der Waals surface area contributed by atoms with Crippen LogP contribution >= 0.6 is 0 Å². The third-order valence-electron chi connectivity index (χ3n) is 1.34. The topological polar surface area (TPSA) is 0 Å². The van der Waals surface area contributed by atoms with Crippen molar-refractivity contribution >= 4 is 0 Å². The fraction of sp³-hybridized carbons (Fsp3) is 0.182. The molecule has 0 N–H and O–H groups in total. The van der Waals surface area contributed by atoms with E-state index in [0.717, 1.165) is 5.57 Å². The maximum absolute atomic E-state index is 3.81. The summed E-state index contributed by atoms with van der Waals surface area (Å²) in [6, 6.07) is 0. The summed E-state index contributed by atoms with van der Waals surface area (Å²) in [5.41, 5.74) is 4.95. The highest BCUT2D eigenvalue weighted by atomic mass is 13.9. The first-order valence-corrected chi connectivity index (χ1v) is 3.53. The molecule has 0 heterocycles. The highest BCUT2D eigenvalue weighted by Gasteiger charge is 1.83. The summed E-state index contributed by atoms with van der Waals surface area (Å²) in [6.07, 6.45) is 7.61. The monoisotopic (exact) mass is 146 g/mol. The standard InChI is InChI=1S/C11H14/c1-5-6-7-8-9-11(4)10(2)3/h6-9H,1-2H2,3-4H3. The van der Waals surface area contributed by atoms with Crippen molar-refractivity contribution in [3.63, 3.8) is 0 Å². The van der Waals surface area contributed by atoms with Crippen LogP contribution in [0, 0.1) is 0 Å². The van der Waals surface area contributed by atoms with Gasteiger partial charge in [0.15, 0.2) is 0 Å². The summed E-state index contributed by atoms with van der Waals surface area (Å²) in [5.74, 6) is 0. The lowest BCUT2D eigenvalue weighted by atomic mass is 10.1. The zero-order chi connectivity index (χ0) is 8.69. The van der Waals surface area contributed by atoms with Crippen LogP contribution in [0.25, 0.3) is 0 Å². The summed E-state index contributed by atoms with van der Waals surface area (Å²) in [6.45, 7) is 11.3. The molecule has 0 unspecified atom stereocenters. The Kier molecular flexibility index (Phi) is 4.89. The van der Waals surface area contributed by atoms with Crippen molar-refractivity contribution in [3.05, 3.63) is 54.3 Å². The smallest absolute Gasteiger partial charge is 0.0206 e. The van der Waals surface area contributed by atoms with Crippen molar-refractivity contribution in [2.75, 3.05) is 0 Å². The van der Waals surface area contributed by atoms with E-state index < -0.39 is 0 Å². The van der Waals surface area contributed by atoms with Crippen molar-refractivity contribution in [1.29, 1.82) is 0 Å². The third-order valence-corrected chi connectivity index (χ3v) is 1.34. The Hall–Kier alpha value is -1.26. The van der Waals surface area contributed by atoms with Gasteiger partial charge in [-0.3, -0.25) is 0 Å². The molecular formula is C11H14. The second kappa shape index (κ2) is 5.52. The molecule has 0 aliphatic heterocycles. The second-order valence-electron chi connectivity index (χ2n) is 2.39. The van der Waals surface area contributed by atoms with Crippen LogP contribution in [0.15, 0.2) is 54.3 Å². The van der Waals surface area contributed by atoms with Gasteiger partial charge in [0.05, 0.1) is 0 Å². The Morgan fingerprint density at radius 1 is 1.27 bits per heavy atom. The summed E-state index contributed by atoms with van der Waals surface area (Å²) in [7, 11) is 0. The molecule has 11 heavy (non-hydrogen) atoms. The van der Waals surface area contributed by atoms with E-state index in [1.54, 1.807) is 6.08 Å². The highest BCUT2D eigenvalue weighted by Crippen LogP contribution is 2.03. The van der Waals surface area contributed by atoms with E-state index in [1.807, 2.05) is 32.1 Å². The summed E-state index contributed by atoms with van der Waals surface area (Å²) in [5, 5.41) is 0. The first-order chi connectivity index (χ1) is 5.18. The predicted octanol–water partition coefficient (Wildman–Crippen LogP) is 3.41. The minimum atomic E-state index is 1.09. The molecule has 0 heteroatoms. The average molecular weight is 146 g/mol. The quantitative estimate of drug-likeness (QED) is 0.423. The van der Waals surface area contributed by atoms with E-state index in [-0.39, 0.29) is 0 Å². The molecule has 0 saturated carbocycles. The van der Waals surface area contributed by atoms with Crippen molar-refractivity contribution in [2.45, 2.75) is 13.8 Å². The average Bonchev–Trinajstić information content (AvgIpc) is 1.97. The Morgan fingerprint density at radius 2 is 1.91 bits per heavy atom. The first kappa shape index (κ1) is 9.74. The molecule has 0 amide bonds. The molecule has 0 aromatic carbocycles. The fourth-order valence-electron chi connectivity index (χ4n) is 0.466. The van der Waals surface area contributed by atoms with Gasteiger partial charge in [-0.05, 0) is 25.5 Å². The first-order valence-electron chi connectivity index (χ1n) is 3.53. The molecule has 0 aromatic heterocycles. The van der Waals surface area contributed by atoms with Gasteiger partial charge in [0.1, 0.15) is 0 Å². The summed E-state index contributed by atoms with van der Waals surface area (Å²) >= 11 is 0. The zero-order valence-corrected chi connectivity index (χ0v) is 7.22. The minimum Gasteiger partial charge on any atom is -0.129 e. The van der Waals surface area contributed by atoms with E-state index in [4.69, 9.17) is 0 Å². The van der Waals surface area contributed by atoms with Crippen LogP contribution < -0.4 is 0 Å². The van der Waals surface area contributed by atoms with Gasteiger partial charge < -0.3 is 0 Å². The lowest BCUT2D eigenvalue weighted by Crippen LogP contribution is -1.72. The number of hydrogen-bond acceptors (Lipinski definition) is 0. The summed E-state index contributed by atoms with van der Waals surface area (Å²) in [4.78, 5) is 0. The fourth-order valence-corrected chi connectivity index (χ4v) is 0.466. The lowest BCUT2D eigenvalue weighted by molar-refractivity contribution is 1.36. The van der Waals surface area contributed by atoms with Gasteiger partial charge in [0.2, 0.25) is 0 Å². The summed E-state index contributed by atoms with van der Waals surface area (Å²) < 4.78 is 0. The SMILES string of the molecule is C=C=CC=CC=C(C)C(=C)C. The van der Waals surface area contributed by atoms with Crippen molar-refractivity contribution in [1.82, 2.24) is 0 Å². The molecular weight excluding hydrogens is 132 g/mol. The lowest BCUT2D eigenvalue weighted by Gasteiger charge is -1.93. The molecule has 0 aliphatic carbocycles. The van der Waals surface area contributed by atoms with Crippen LogP contribution in [0.1, 0.15) is 13.8 Å². The molecule has 0 atom stereocenters. The van der Waals surface area contributed by atoms with Gasteiger partial charge in [-0.1, -0.05) is 37.0 Å². The third kappa shape index (κ3) is 5.20. The predicted molar refractivity (Wildman–Crippen MR) is 51.4 cm³/mol. The Bertz CT molecular complexity index is 233. The van der Waals surface area contributed by atoms with Crippen molar-refractivity contribution in [2.24, 2.45) is 0 Å². The van der Waals surface area contributed by atoms with E-state index in [0.29, 0.717) is 0 Å². The van der Waals surface area contributed by atoms with Crippen LogP contribution in [-0.4, -0.2) is 0 Å². The van der Waals surface area contributed by atoms with E-state index >= 15 is 0 Å². The number of hydrogen-bond donors (Lipinski definition) is 0. The van der Waals surface area contributed by atoms with Crippen LogP contribution in [0.4, 0.5) is 0 Å². The number of rotatable bonds is 3. The molecule has 0 rings (SSSR count). The molecule has 0 aliphatic rings. The van der Waals surface area contributed by atoms with Crippen LogP contribution in [0.3, 0.4) is 0 Å². The Labute approximate surface area is 68.9 Å². The van der Waals surface area contributed by atoms with Crippen molar-refractivity contribution < 1.29 is 0 Å². The molecule has 0 radical (unpaired) electrons. The maximum Gasteiger partial charge on any atom is -0.0206 e. The molecule has 0 fully saturated rings. The molecule has 0 spiro atoms. The van der Waals surface area contributed by atoms with Crippen molar-refractivity contribution in [3.8, 4) is 0 Å². The number of allylic oxidation sites excluding steroid dienone is 6. The molecule has 0 aromatic rings. The minimum absolute atomic E-state index is 1.09. The largest absolute Gasteiger partial charge is 0.129 e. The maximum atomic E-state index is 3.81. The Morgan fingerprint density at radius 3 is 2.36 bits per heavy atom. The van der Waals surface area contributed by atoms with Gasteiger partial charge in [0.25, 0.3) is 0 Å². The second-order valence-corrected chi connectivity index (χ2v) is 2.39. The van der Waals surface area contributed by atoms with Gasteiger partial charge in [-0.25, -0.2) is 0 Å². The van der Waals surface area contributed by atoms with Crippen LogP contribution in [0.5, 0.6) is 0 Å². The van der Waals surface area contributed by atoms with Gasteiger partial charge in [-0.2, -0.15) is 0 Å². The van der Waals surface area contributed by atoms with Gasteiger partial charge >= 0.3 is 0 Å². The molecule has 58 valence electrons. The molecule has 0 nitrogen and oxygen atoms in total. The Balaban J connectivity index is 4.12. The van der Waals surface area contributed by atoms with E-state index in [9.17, 15) is 0 Å².